The minimum atomic E-state index is -0.643. The second-order valence-electron chi connectivity index (χ2n) is 7.68. The van der Waals surface area contributed by atoms with Crippen molar-refractivity contribution in [1.29, 1.82) is 0 Å². The van der Waals surface area contributed by atoms with Crippen LogP contribution in [-0.2, 0) is 4.79 Å². The number of nitrogens with one attached hydrogen (secondary N) is 1. The van der Waals surface area contributed by atoms with Crippen molar-refractivity contribution in [2.24, 2.45) is 0 Å². The van der Waals surface area contributed by atoms with Gasteiger partial charge in [-0.15, -0.1) is 0 Å². The minimum absolute atomic E-state index is 0.00262. The van der Waals surface area contributed by atoms with Crippen LogP contribution in [0.4, 0.5) is 10.1 Å². The molecule has 0 aromatic heterocycles. The van der Waals surface area contributed by atoms with Gasteiger partial charge in [0, 0.05) is 44.0 Å². The molecule has 1 fully saturated rings. The number of hydrogen-bond acceptors (Lipinski definition) is 6. The summed E-state index contributed by atoms with van der Waals surface area (Å²) in [4.78, 5) is 27.6. The van der Waals surface area contributed by atoms with Crippen molar-refractivity contribution < 1.29 is 23.8 Å². The lowest BCUT2D eigenvalue weighted by atomic mass is 10.1. The van der Waals surface area contributed by atoms with E-state index in [-0.39, 0.29) is 30.7 Å². The van der Waals surface area contributed by atoms with Gasteiger partial charge in [0.2, 0.25) is 5.91 Å². The number of carbonyl (C=O) groups is 2. The summed E-state index contributed by atoms with van der Waals surface area (Å²) in [6.45, 7) is 5.27. The number of nitrogens with zero attached hydrogens (tertiary/aromatic N) is 2. The van der Waals surface area contributed by atoms with E-state index in [1.54, 1.807) is 36.4 Å². The van der Waals surface area contributed by atoms with Crippen LogP contribution >= 0.6 is 0 Å². The zero-order chi connectivity index (χ0) is 22.2. The Bertz CT molecular complexity index is 883. The van der Waals surface area contributed by atoms with Crippen molar-refractivity contribution in [3.63, 3.8) is 0 Å². The SMILES string of the molecule is CC(=O)c1ccc(OC[C@H](O)CN2CCN(CC(=O)Nc3cccc(F)c3)CC2)cc1. The molecular formula is C23H28FN3O4. The largest absolute Gasteiger partial charge is 0.491 e. The van der Waals surface area contributed by atoms with Gasteiger partial charge in [0.25, 0.3) is 0 Å². The highest BCUT2D eigenvalue weighted by molar-refractivity contribution is 5.94. The summed E-state index contributed by atoms with van der Waals surface area (Å²) in [6.07, 6.45) is -0.643. The summed E-state index contributed by atoms with van der Waals surface area (Å²) >= 11 is 0. The Morgan fingerprint density at radius 3 is 2.42 bits per heavy atom. The van der Waals surface area contributed by atoms with Gasteiger partial charge in [-0.1, -0.05) is 6.07 Å². The molecule has 0 aliphatic carbocycles. The summed E-state index contributed by atoms with van der Waals surface area (Å²) in [5.41, 5.74) is 1.07. The van der Waals surface area contributed by atoms with E-state index >= 15 is 0 Å². The van der Waals surface area contributed by atoms with Crippen molar-refractivity contribution in [2.75, 3.05) is 51.2 Å². The van der Waals surface area contributed by atoms with Crippen LogP contribution < -0.4 is 10.1 Å². The third-order valence-electron chi connectivity index (χ3n) is 5.11. The quantitative estimate of drug-likeness (QED) is 0.594. The minimum Gasteiger partial charge on any atom is -0.491 e. The van der Waals surface area contributed by atoms with Crippen LogP contribution in [0.5, 0.6) is 5.75 Å². The number of halogens is 1. The molecule has 3 rings (SSSR count). The number of carbonyl (C=O) groups excluding carboxylic acids is 2. The first kappa shape index (κ1) is 22.9. The third kappa shape index (κ3) is 7.43. The molecule has 0 unspecified atom stereocenters. The average Bonchev–Trinajstić information content (AvgIpc) is 2.74. The zero-order valence-electron chi connectivity index (χ0n) is 17.6. The number of aliphatic hydroxyl groups excluding tert-OH is 1. The maximum Gasteiger partial charge on any atom is 0.238 e. The molecule has 1 atom stereocenters. The number of ether oxygens (including phenoxy) is 1. The lowest BCUT2D eigenvalue weighted by Gasteiger charge is -2.35. The first-order valence-corrected chi connectivity index (χ1v) is 10.3. The predicted octanol–water partition coefficient (Wildman–Crippen LogP) is 2.02. The molecule has 0 saturated carbocycles. The summed E-state index contributed by atoms with van der Waals surface area (Å²) in [6, 6.07) is 12.7. The number of amides is 1. The Labute approximate surface area is 181 Å². The van der Waals surface area contributed by atoms with Gasteiger partial charge in [0.05, 0.1) is 6.54 Å². The molecule has 0 radical (unpaired) electrons. The predicted molar refractivity (Wildman–Crippen MR) is 116 cm³/mol. The number of hydrogen-bond donors (Lipinski definition) is 2. The molecule has 0 bridgehead atoms. The Balaban J connectivity index is 1.34. The Morgan fingerprint density at radius 1 is 1.10 bits per heavy atom. The highest BCUT2D eigenvalue weighted by Gasteiger charge is 2.21. The molecule has 1 heterocycles. The smallest absolute Gasteiger partial charge is 0.238 e. The van der Waals surface area contributed by atoms with Crippen LogP contribution in [-0.4, -0.2) is 78.6 Å². The number of anilines is 1. The lowest BCUT2D eigenvalue weighted by molar-refractivity contribution is -0.117. The van der Waals surface area contributed by atoms with Crippen LogP contribution in [0, 0.1) is 5.82 Å². The van der Waals surface area contributed by atoms with Crippen molar-refractivity contribution >= 4 is 17.4 Å². The fraction of sp³-hybridized carbons (Fsp3) is 0.391. The molecule has 166 valence electrons. The van der Waals surface area contributed by atoms with E-state index in [0.29, 0.717) is 36.6 Å². The molecule has 1 saturated heterocycles. The number of piperazine rings is 1. The molecule has 1 aliphatic rings. The standard InChI is InChI=1S/C23H28FN3O4/c1-17(28)18-5-7-22(8-6-18)31-16-21(29)14-26-9-11-27(12-10-26)15-23(30)25-20-4-2-3-19(24)13-20/h2-8,13,21,29H,9-12,14-16H2,1H3,(H,25,30)/t21-/m1/s1. The van der Waals surface area contributed by atoms with Crippen molar-refractivity contribution in [1.82, 2.24) is 9.80 Å². The fourth-order valence-electron chi connectivity index (χ4n) is 3.43. The number of ketones is 1. The van der Waals surface area contributed by atoms with E-state index < -0.39 is 6.10 Å². The van der Waals surface area contributed by atoms with E-state index in [1.807, 2.05) is 4.90 Å². The molecule has 2 aromatic carbocycles. The van der Waals surface area contributed by atoms with Crippen LogP contribution in [0.15, 0.2) is 48.5 Å². The summed E-state index contributed by atoms with van der Waals surface area (Å²) in [5.74, 6) is 0.0423. The molecule has 0 spiro atoms. The molecule has 8 heteroatoms. The van der Waals surface area contributed by atoms with Crippen LogP contribution in [0.2, 0.25) is 0 Å². The highest BCUT2D eigenvalue weighted by atomic mass is 19.1. The van der Waals surface area contributed by atoms with Crippen LogP contribution in [0.25, 0.3) is 0 Å². The average molecular weight is 429 g/mol. The molecule has 1 aliphatic heterocycles. The van der Waals surface area contributed by atoms with Crippen LogP contribution in [0.3, 0.4) is 0 Å². The van der Waals surface area contributed by atoms with E-state index in [4.69, 9.17) is 4.74 Å². The van der Waals surface area contributed by atoms with E-state index in [9.17, 15) is 19.1 Å². The third-order valence-corrected chi connectivity index (χ3v) is 5.11. The second-order valence-corrected chi connectivity index (χ2v) is 7.68. The fourth-order valence-corrected chi connectivity index (χ4v) is 3.43. The molecule has 2 aromatic rings. The maximum absolute atomic E-state index is 13.2. The van der Waals surface area contributed by atoms with E-state index in [0.717, 1.165) is 13.1 Å². The van der Waals surface area contributed by atoms with Crippen molar-refractivity contribution in [3.8, 4) is 5.75 Å². The Hall–Kier alpha value is -2.81. The molecule has 1 amide bonds. The molecular weight excluding hydrogens is 401 g/mol. The van der Waals surface area contributed by atoms with Crippen molar-refractivity contribution in [3.05, 3.63) is 59.9 Å². The molecule has 2 N–H and O–H groups in total. The number of Topliss-reactive ketones (excluding diaryl/α,β-unsaturated/α-hetero) is 1. The summed E-state index contributed by atoms with van der Waals surface area (Å²) in [7, 11) is 0. The van der Waals surface area contributed by atoms with E-state index in [2.05, 4.69) is 10.2 Å². The lowest BCUT2D eigenvalue weighted by Crippen LogP contribution is -2.50. The maximum atomic E-state index is 13.2. The normalized spacial score (nSPS) is 16.0. The highest BCUT2D eigenvalue weighted by Crippen LogP contribution is 2.13. The van der Waals surface area contributed by atoms with Gasteiger partial charge < -0.3 is 15.2 Å². The van der Waals surface area contributed by atoms with Crippen molar-refractivity contribution in [2.45, 2.75) is 13.0 Å². The second kappa shape index (κ2) is 11.0. The monoisotopic (exact) mass is 429 g/mol. The molecule has 31 heavy (non-hydrogen) atoms. The number of rotatable bonds is 9. The Kier molecular flexibility index (Phi) is 8.11. The number of benzene rings is 2. The molecule has 7 nitrogen and oxygen atoms in total. The first-order valence-electron chi connectivity index (χ1n) is 10.3. The summed E-state index contributed by atoms with van der Waals surface area (Å²) in [5, 5.41) is 13.0. The van der Waals surface area contributed by atoms with Gasteiger partial charge >= 0.3 is 0 Å². The van der Waals surface area contributed by atoms with Gasteiger partial charge in [-0.2, -0.15) is 0 Å². The van der Waals surface area contributed by atoms with E-state index in [1.165, 1.54) is 19.1 Å². The topological polar surface area (TPSA) is 82.1 Å². The van der Waals surface area contributed by atoms with Gasteiger partial charge in [-0.25, -0.2) is 4.39 Å². The van der Waals surface area contributed by atoms with Gasteiger partial charge in [-0.05, 0) is 49.4 Å². The van der Waals surface area contributed by atoms with Gasteiger partial charge in [-0.3, -0.25) is 19.4 Å². The Morgan fingerprint density at radius 2 is 1.77 bits per heavy atom. The van der Waals surface area contributed by atoms with Gasteiger partial charge in [0.1, 0.15) is 24.3 Å². The number of β-amino-alcohol motifs (C(OH)–C–C–N with tert-alkyl or cyclic N) is 1. The zero-order valence-corrected chi connectivity index (χ0v) is 17.6. The first-order chi connectivity index (χ1) is 14.9. The summed E-state index contributed by atoms with van der Waals surface area (Å²) < 4.78 is 18.8. The van der Waals surface area contributed by atoms with Crippen LogP contribution in [0.1, 0.15) is 17.3 Å². The number of aliphatic hydroxyl groups is 1. The van der Waals surface area contributed by atoms with Gasteiger partial charge in [0.15, 0.2) is 5.78 Å².